The zero-order valence-electron chi connectivity index (χ0n) is 26.7. The zero-order valence-corrected chi connectivity index (χ0v) is 26.7. The van der Waals surface area contributed by atoms with Crippen LogP contribution in [0.4, 0.5) is 0 Å². The minimum atomic E-state index is 0.586. The van der Waals surface area contributed by atoms with Gasteiger partial charge in [0, 0.05) is 38.2 Å². The highest BCUT2D eigenvalue weighted by atomic mass is 16.3. The normalized spacial score (nSPS) is 11.6. The summed E-state index contributed by atoms with van der Waals surface area (Å²) in [6, 6.07) is 55.9. The topological polar surface area (TPSA) is 65.0 Å². The van der Waals surface area contributed by atoms with E-state index in [0.717, 1.165) is 71.7 Å². The Morgan fingerprint density at radius 2 is 0.780 bits per heavy atom. The van der Waals surface area contributed by atoms with Gasteiger partial charge in [0.15, 0.2) is 17.5 Å². The Labute approximate surface area is 287 Å². The van der Waals surface area contributed by atoms with E-state index < -0.39 is 0 Å². The average molecular weight is 642 g/mol. The third-order valence-electron chi connectivity index (χ3n) is 9.36. The van der Waals surface area contributed by atoms with Crippen molar-refractivity contribution in [1.29, 1.82) is 0 Å². The van der Waals surface area contributed by atoms with Gasteiger partial charge in [-0.1, -0.05) is 121 Å². The molecule has 0 unspecified atom stereocenters. The second-order valence-electron chi connectivity index (χ2n) is 12.4. The number of furan rings is 2. The summed E-state index contributed by atoms with van der Waals surface area (Å²) in [5.41, 5.74) is 10.6. The second-order valence-corrected chi connectivity index (χ2v) is 12.4. The molecule has 0 saturated carbocycles. The molecule has 10 aromatic rings. The van der Waals surface area contributed by atoms with Crippen LogP contribution in [0.1, 0.15) is 0 Å². The molecule has 7 aromatic carbocycles. The molecular weight excluding hydrogens is 615 g/mol. The van der Waals surface area contributed by atoms with Crippen LogP contribution in [0.15, 0.2) is 173 Å². The largest absolute Gasteiger partial charge is 0.456 e. The van der Waals surface area contributed by atoms with Crippen LogP contribution >= 0.6 is 0 Å². The van der Waals surface area contributed by atoms with E-state index in [1.54, 1.807) is 0 Å². The van der Waals surface area contributed by atoms with Gasteiger partial charge in [-0.3, -0.25) is 0 Å². The van der Waals surface area contributed by atoms with Crippen molar-refractivity contribution < 1.29 is 8.83 Å². The van der Waals surface area contributed by atoms with Crippen molar-refractivity contribution in [3.05, 3.63) is 164 Å². The van der Waals surface area contributed by atoms with Gasteiger partial charge >= 0.3 is 0 Å². The zero-order chi connectivity index (χ0) is 33.0. The second kappa shape index (κ2) is 11.4. The van der Waals surface area contributed by atoms with Crippen molar-refractivity contribution in [1.82, 2.24) is 15.0 Å². The highest BCUT2D eigenvalue weighted by molar-refractivity contribution is 6.12. The van der Waals surface area contributed by atoms with E-state index in [9.17, 15) is 0 Å². The van der Waals surface area contributed by atoms with Gasteiger partial charge in [0.05, 0.1) is 0 Å². The minimum Gasteiger partial charge on any atom is -0.456 e. The lowest BCUT2D eigenvalue weighted by Gasteiger charge is -2.09. The van der Waals surface area contributed by atoms with Crippen LogP contribution in [0.5, 0.6) is 0 Å². The van der Waals surface area contributed by atoms with Crippen LogP contribution in [0.25, 0.3) is 100 Å². The average Bonchev–Trinajstić information content (AvgIpc) is 3.76. The predicted octanol–water partition coefficient (Wildman–Crippen LogP) is 12.0. The third kappa shape index (κ3) is 4.75. The van der Waals surface area contributed by atoms with Gasteiger partial charge in [0.25, 0.3) is 0 Å². The van der Waals surface area contributed by atoms with Crippen LogP contribution in [-0.4, -0.2) is 15.0 Å². The molecule has 3 aromatic heterocycles. The fourth-order valence-corrected chi connectivity index (χ4v) is 6.88. The van der Waals surface area contributed by atoms with Gasteiger partial charge in [0.2, 0.25) is 0 Å². The summed E-state index contributed by atoms with van der Waals surface area (Å²) in [7, 11) is 0. The van der Waals surface area contributed by atoms with E-state index in [1.165, 1.54) is 11.1 Å². The number of rotatable bonds is 5. The molecule has 0 aliphatic carbocycles. The number of hydrogen-bond donors (Lipinski definition) is 0. The summed E-state index contributed by atoms with van der Waals surface area (Å²) in [6.07, 6.45) is 0. The molecule has 0 radical (unpaired) electrons. The maximum atomic E-state index is 6.31. The molecule has 0 aliphatic heterocycles. The van der Waals surface area contributed by atoms with Crippen molar-refractivity contribution in [2.75, 3.05) is 0 Å². The van der Waals surface area contributed by atoms with Crippen LogP contribution in [-0.2, 0) is 0 Å². The molecule has 0 atom stereocenters. The SMILES string of the molecule is c1ccc(-c2ccc(-c3ccc4oc5ccc(-c6nc(-c7ccccc7)nc(-c7cccc8oc9ccccc9c78)n6)cc5c4c3)cc2)cc1. The Morgan fingerprint density at radius 3 is 1.52 bits per heavy atom. The maximum Gasteiger partial charge on any atom is 0.164 e. The molecule has 5 nitrogen and oxygen atoms in total. The molecule has 0 spiro atoms. The van der Waals surface area contributed by atoms with E-state index in [-0.39, 0.29) is 0 Å². The molecule has 3 heterocycles. The van der Waals surface area contributed by atoms with Crippen LogP contribution < -0.4 is 0 Å². The van der Waals surface area contributed by atoms with Crippen molar-refractivity contribution >= 4 is 43.9 Å². The Hall–Kier alpha value is -6.85. The van der Waals surface area contributed by atoms with Crippen molar-refractivity contribution in [3.63, 3.8) is 0 Å². The molecule has 0 aliphatic rings. The molecule has 234 valence electrons. The smallest absolute Gasteiger partial charge is 0.164 e. The molecule has 0 bridgehead atoms. The monoisotopic (exact) mass is 641 g/mol. The number of para-hydroxylation sites is 1. The lowest BCUT2D eigenvalue weighted by Crippen LogP contribution is -2.00. The fourth-order valence-electron chi connectivity index (χ4n) is 6.88. The van der Waals surface area contributed by atoms with E-state index in [4.69, 9.17) is 23.8 Å². The first-order valence-corrected chi connectivity index (χ1v) is 16.6. The van der Waals surface area contributed by atoms with E-state index in [1.807, 2.05) is 78.9 Å². The van der Waals surface area contributed by atoms with Gasteiger partial charge < -0.3 is 8.83 Å². The first-order chi connectivity index (χ1) is 24.7. The minimum absolute atomic E-state index is 0.586. The number of fused-ring (bicyclic) bond motifs is 6. The maximum absolute atomic E-state index is 6.31. The Kier molecular flexibility index (Phi) is 6.42. The number of aromatic nitrogens is 3. The highest BCUT2D eigenvalue weighted by Crippen LogP contribution is 2.38. The van der Waals surface area contributed by atoms with Crippen LogP contribution in [0.3, 0.4) is 0 Å². The number of nitrogens with zero attached hydrogens (tertiary/aromatic N) is 3. The summed E-state index contributed by atoms with van der Waals surface area (Å²) in [5.74, 6) is 1.78. The molecule has 10 rings (SSSR count). The molecule has 0 N–H and O–H groups in total. The fraction of sp³-hybridized carbons (Fsp3) is 0. The van der Waals surface area contributed by atoms with Crippen molar-refractivity contribution in [2.45, 2.75) is 0 Å². The van der Waals surface area contributed by atoms with E-state index in [2.05, 4.69) is 84.9 Å². The molecule has 50 heavy (non-hydrogen) atoms. The van der Waals surface area contributed by atoms with Crippen LogP contribution in [0, 0.1) is 0 Å². The van der Waals surface area contributed by atoms with Crippen molar-refractivity contribution in [2.24, 2.45) is 0 Å². The van der Waals surface area contributed by atoms with Gasteiger partial charge in [-0.25, -0.2) is 15.0 Å². The highest BCUT2D eigenvalue weighted by Gasteiger charge is 2.18. The molecule has 0 saturated heterocycles. The van der Waals surface area contributed by atoms with Gasteiger partial charge in [-0.15, -0.1) is 0 Å². The summed E-state index contributed by atoms with van der Waals surface area (Å²) in [6.45, 7) is 0. The quantitative estimate of drug-likeness (QED) is 0.187. The molecule has 0 fully saturated rings. The Morgan fingerprint density at radius 1 is 0.300 bits per heavy atom. The van der Waals surface area contributed by atoms with Crippen molar-refractivity contribution in [3.8, 4) is 56.4 Å². The molecule has 0 amide bonds. The number of hydrogen-bond acceptors (Lipinski definition) is 5. The Balaban J connectivity index is 1.12. The summed E-state index contributed by atoms with van der Waals surface area (Å²) >= 11 is 0. The lowest BCUT2D eigenvalue weighted by atomic mass is 9.99. The van der Waals surface area contributed by atoms with Gasteiger partial charge in [-0.2, -0.15) is 0 Å². The molecule has 5 heteroatoms. The summed E-state index contributed by atoms with van der Waals surface area (Å²) in [4.78, 5) is 15.2. The summed E-state index contributed by atoms with van der Waals surface area (Å²) < 4.78 is 12.5. The predicted molar refractivity (Wildman–Crippen MR) is 202 cm³/mol. The Bertz CT molecular complexity index is 2850. The van der Waals surface area contributed by atoms with E-state index in [0.29, 0.717) is 17.5 Å². The first kappa shape index (κ1) is 28.2. The first-order valence-electron chi connectivity index (χ1n) is 16.6. The van der Waals surface area contributed by atoms with E-state index >= 15 is 0 Å². The van der Waals surface area contributed by atoms with Gasteiger partial charge in [-0.05, 0) is 64.7 Å². The summed E-state index contributed by atoms with van der Waals surface area (Å²) in [5, 5.41) is 4.06. The van der Waals surface area contributed by atoms with Crippen LogP contribution in [0.2, 0.25) is 0 Å². The lowest BCUT2D eigenvalue weighted by molar-refractivity contribution is 0.668. The third-order valence-corrected chi connectivity index (χ3v) is 9.36. The molecular formula is C45H27N3O2. The van der Waals surface area contributed by atoms with Gasteiger partial charge in [0.1, 0.15) is 22.3 Å². The standard InChI is InChI=1S/C45H27N3O2/c1-3-10-28(11-4-1)29-18-20-30(21-19-29)32-22-24-39-36(26-32)37-27-33(23-25-40(37)49-39)44-46-43(31-12-5-2-6-13-31)47-45(48-44)35-15-9-17-41-42(35)34-14-7-8-16-38(34)50-41/h1-27H. The number of benzene rings is 7.